The summed E-state index contributed by atoms with van der Waals surface area (Å²) in [5, 5.41) is 2.88. The molecular formula is C24H25BrN2O4S. The van der Waals surface area contributed by atoms with Gasteiger partial charge in [0.15, 0.2) is 0 Å². The highest BCUT2D eigenvalue weighted by Crippen LogP contribution is 2.26. The van der Waals surface area contributed by atoms with Gasteiger partial charge in [-0.05, 0) is 66.9 Å². The second kappa shape index (κ2) is 10.3. The van der Waals surface area contributed by atoms with Crippen LogP contribution in [0.25, 0.3) is 0 Å². The molecule has 0 radical (unpaired) electrons. The number of carbonyl (C=O) groups is 1. The van der Waals surface area contributed by atoms with E-state index < -0.39 is 15.9 Å². The molecule has 3 aromatic carbocycles. The van der Waals surface area contributed by atoms with Crippen LogP contribution in [0.2, 0.25) is 0 Å². The Bertz CT molecular complexity index is 1170. The molecule has 3 rings (SSSR count). The number of ether oxygens (including phenoxy) is 1. The minimum atomic E-state index is -3.93. The number of nitrogens with zero attached hydrogens (tertiary/aromatic N) is 1. The summed E-state index contributed by atoms with van der Waals surface area (Å²) in [6.07, 6.45) is 0. The van der Waals surface area contributed by atoms with E-state index >= 15 is 0 Å². The number of amides is 1. The maximum atomic E-state index is 13.4. The number of methoxy groups -OCH3 is 1. The zero-order valence-corrected chi connectivity index (χ0v) is 20.5. The molecule has 1 amide bonds. The van der Waals surface area contributed by atoms with Crippen molar-refractivity contribution in [2.45, 2.75) is 25.3 Å². The number of sulfonamides is 1. The first-order valence-corrected chi connectivity index (χ1v) is 12.2. The normalized spacial score (nSPS) is 11.4. The Morgan fingerprint density at radius 1 is 1.00 bits per heavy atom. The van der Waals surface area contributed by atoms with Gasteiger partial charge < -0.3 is 10.1 Å². The van der Waals surface area contributed by atoms with E-state index in [0.29, 0.717) is 11.4 Å². The predicted octanol–water partition coefficient (Wildman–Crippen LogP) is 4.90. The lowest BCUT2D eigenvalue weighted by molar-refractivity contribution is -0.116. The van der Waals surface area contributed by atoms with Gasteiger partial charge in [0.25, 0.3) is 0 Å². The van der Waals surface area contributed by atoms with Gasteiger partial charge in [0.05, 0.1) is 18.6 Å². The molecule has 3 aromatic rings. The van der Waals surface area contributed by atoms with Crippen LogP contribution in [0.15, 0.2) is 76.1 Å². The predicted molar refractivity (Wildman–Crippen MR) is 129 cm³/mol. The number of benzene rings is 3. The van der Waals surface area contributed by atoms with Gasteiger partial charge in [-0.25, -0.2) is 8.42 Å². The SMILES string of the molecule is COc1ccc(S(=O)(=O)N(CC(=O)Nc2c(C)cc(Br)cc2C)Cc2ccccc2)cc1. The van der Waals surface area contributed by atoms with Crippen LogP contribution in [0.1, 0.15) is 16.7 Å². The van der Waals surface area contributed by atoms with Crippen molar-refractivity contribution in [2.24, 2.45) is 0 Å². The summed E-state index contributed by atoms with van der Waals surface area (Å²) in [5.74, 6) is 0.143. The van der Waals surface area contributed by atoms with Crippen LogP contribution in [-0.4, -0.2) is 32.3 Å². The van der Waals surface area contributed by atoms with Crippen molar-refractivity contribution in [3.63, 3.8) is 0 Å². The zero-order valence-electron chi connectivity index (χ0n) is 18.1. The summed E-state index contributed by atoms with van der Waals surface area (Å²) in [4.78, 5) is 13.0. The molecule has 6 nitrogen and oxygen atoms in total. The van der Waals surface area contributed by atoms with Crippen molar-refractivity contribution < 1.29 is 17.9 Å². The molecule has 0 saturated heterocycles. The van der Waals surface area contributed by atoms with Crippen LogP contribution in [0.5, 0.6) is 5.75 Å². The van der Waals surface area contributed by atoms with E-state index in [1.807, 2.05) is 56.3 Å². The topological polar surface area (TPSA) is 75.7 Å². The van der Waals surface area contributed by atoms with Crippen LogP contribution in [0.3, 0.4) is 0 Å². The summed E-state index contributed by atoms with van der Waals surface area (Å²) in [6, 6.07) is 19.1. The molecule has 0 saturated carbocycles. The van der Waals surface area contributed by atoms with Gasteiger partial charge in [0.2, 0.25) is 15.9 Å². The molecule has 0 bridgehead atoms. The molecule has 0 atom stereocenters. The monoisotopic (exact) mass is 516 g/mol. The number of halogens is 1. The van der Waals surface area contributed by atoms with Gasteiger partial charge in [-0.2, -0.15) is 4.31 Å². The highest BCUT2D eigenvalue weighted by atomic mass is 79.9. The Balaban J connectivity index is 1.89. The van der Waals surface area contributed by atoms with E-state index in [1.165, 1.54) is 23.5 Å². The number of rotatable bonds is 8. The van der Waals surface area contributed by atoms with Gasteiger partial charge in [0.1, 0.15) is 5.75 Å². The number of nitrogens with one attached hydrogen (secondary N) is 1. The van der Waals surface area contributed by atoms with Crippen LogP contribution in [0, 0.1) is 13.8 Å². The fourth-order valence-corrected chi connectivity index (χ4v) is 5.43. The van der Waals surface area contributed by atoms with E-state index in [0.717, 1.165) is 21.2 Å². The maximum Gasteiger partial charge on any atom is 0.243 e. The molecular weight excluding hydrogens is 492 g/mol. The summed E-state index contributed by atoms with van der Waals surface area (Å²) < 4.78 is 34.0. The molecule has 0 fully saturated rings. The lowest BCUT2D eigenvalue weighted by atomic mass is 10.1. The average molecular weight is 517 g/mol. The standard InChI is InChI=1S/C24H25BrN2O4S/c1-17-13-20(25)14-18(2)24(17)26-23(28)16-27(15-19-7-5-4-6-8-19)32(29,30)22-11-9-21(31-3)10-12-22/h4-14H,15-16H2,1-3H3,(H,26,28). The Morgan fingerprint density at radius 2 is 1.59 bits per heavy atom. The lowest BCUT2D eigenvalue weighted by Gasteiger charge is -2.23. The first-order valence-electron chi connectivity index (χ1n) is 9.95. The van der Waals surface area contributed by atoms with Crippen molar-refractivity contribution in [1.82, 2.24) is 4.31 Å². The first kappa shape index (κ1) is 24.0. The Kier molecular flexibility index (Phi) is 7.71. The molecule has 0 aromatic heterocycles. The van der Waals surface area contributed by atoms with Crippen molar-refractivity contribution in [2.75, 3.05) is 19.0 Å². The Morgan fingerprint density at radius 3 is 2.16 bits per heavy atom. The molecule has 1 N–H and O–H groups in total. The number of anilines is 1. The average Bonchev–Trinajstić information content (AvgIpc) is 2.76. The van der Waals surface area contributed by atoms with Crippen LogP contribution < -0.4 is 10.1 Å². The molecule has 32 heavy (non-hydrogen) atoms. The van der Waals surface area contributed by atoms with E-state index in [1.54, 1.807) is 12.1 Å². The van der Waals surface area contributed by atoms with Crippen LogP contribution in [-0.2, 0) is 21.4 Å². The Hall–Kier alpha value is -2.68. The number of hydrogen-bond acceptors (Lipinski definition) is 4. The largest absolute Gasteiger partial charge is 0.497 e. The van der Waals surface area contributed by atoms with E-state index in [9.17, 15) is 13.2 Å². The third-order valence-electron chi connectivity index (χ3n) is 4.98. The van der Waals surface area contributed by atoms with Gasteiger partial charge in [-0.1, -0.05) is 46.3 Å². The van der Waals surface area contributed by atoms with Gasteiger partial charge in [-0.3, -0.25) is 4.79 Å². The number of hydrogen-bond donors (Lipinski definition) is 1. The summed E-state index contributed by atoms with van der Waals surface area (Å²) in [7, 11) is -2.41. The number of carbonyl (C=O) groups excluding carboxylic acids is 1. The molecule has 0 aliphatic heterocycles. The van der Waals surface area contributed by atoms with Gasteiger partial charge in [-0.15, -0.1) is 0 Å². The van der Waals surface area contributed by atoms with Crippen LogP contribution in [0.4, 0.5) is 5.69 Å². The summed E-state index contributed by atoms with van der Waals surface area (Å²) in [5.41, 5.74) is 3.24. The van der Waals surface area contributed by atoms with Crippen molar-refractivity contribution >= 4 is 37.5 Å². The third kappa shape index (κ3) is 5.76. The Labute approximate surface area is 197 Å². The van der Waals surface area contributed by atoms with E-state index in [4.69, 9.17) is 4.74 Å². The fraction of sp³-hybridized carbons (Fsp3) is 0.208. The minimum Gasteiger partial charge on any atom is -0.497 e. The highest BCUT2D eigenvalue weighted by Gasteiger charge is 2.27. The molecule has 0 unspecified atom stereocenters. The molecule has 8 heteroatoms. The summed E-state index contributed by atoms with van der Waals surface area (Å²) in [6.45, 7) is 3.53. The van der Waals surface area contributed by atoms with Crippen molar-refractivity contribution in [1.29, 1.82) is 0 Å². The first-order chi connectivity index (χ1) is 15.2. The molecule has 0 heterocycles. The van der Waals surface area contributed by atoms with E-state index in [2.05, 4.69) is 21.2 Å². The van der Waals surface area contributed by atoms with Crippen molar-refractivity contribution in [3.05, 3.63) is 87.9 Å². The molecule has 168 valence electrons. The fourth-order valence-electron chi connectivity index (χ4n) is 3.36. The molecule has 0 aliphatic rings. The highest BCUT2D eigenvalue weighted by molar-refractivity contribution is 9.10. The van der Waals surface area contributed by atoms with Crippen LogP contribution >= 0.6 is 15.9 Å². The lowest BCUT2D eigenvalue weighted by Crippen LogP contribution is -2.37. The second-order valence-corrected chi connectivity index (χ2v) is 10.3. The number of aryl methyl sites for hydroxylation is 2. The second-order valence-electron chi connectivity index (χ2n) is 7.40. The van der Waals surface area contributed by atoms with Gasteiger partial charge in [0, 0.05) is 16.7 Å². The third-order valence-corrected chi connectivity index (χ3v) is 7.24. The smallest absolute Gasteiger partial charge is 0.243 e. The molecule has 0 aliphatic carbocycles. The molecule has 0 spiro atoms. The maximum absolute atomic E-state index is 13.4. The van der Waals surface area contributed by atoms with E-state index in [-0.39, 0.29) is 18.0 Å². The summed E-state index contributed by atoms with van der Waals surface area (Å²) >= 11 is 3.44. The quantitative estimate of drug-likeness (QED) is 0.461. The minimum absolute atomic E-state index is 0.0704. The van der Waals surface area contributed by atoms with Crippen molar-refractivity contribution in [3.8, 4) is 5.75 Å². The van der Waals surface area contributed by atoms with Gasteiger partial charge >= 0.3 is 0 Å². The zero-order chi connectivity index (χ0) is 23.3.